The van der Waals surface area contributed by atoms with Gasteiger partial charge in [0.15, 0.2) is 0 Å². The van der Waals surface area contributed by atoms with Crippen molar-refractivity contribution in [3.8, 4) is 5.82 Å². The highest BCUT2D eigenvalue weighted by Gasteiger charge is 2.35. The van der Waals surface area contributed by atoms with Crippen LogP contribution in [-0.4, -0.2) is 27.1 Å². The molecule has 25 heavy (non-hydrogen) atoms. The first-order valence-corrected chi connectivity index (χ1v) is 9.68. The van der Waals surface area contributed by atoms with Gasteiger partial charge < -0.3 is 9.30 Å². The van der Waals surface area contributed by atoms with E-state index < -0.39 is 0 Å². The molecule has 0 aromatic carbocycles. The van der Waals surface area contributed by atoms with Crippen LogP contribution in [0.15, 0.2) is 18.2 Å². The molecular formula is C21H33N3O. The number of hydrogen-bond donors (Lipinski definition) is 0. The van der Waals surface area contributed by atoms with E-state index in [1.165, 1.54) is 23.6 Å². The monoisotopic (exact) mass is 343 g/mol. The molecule has 0 saturated heterocycles. The van der Waals surface area contributed by atoms with Crippen molar-refractivity contribution < 1.29 is 4.74 Å². The summed E-state index contributed by atoms with van der Waals surface area (Å²) in [5, 5.41) is 5.01. The maximum atomic E-state index is 5.97. The summed E-state index contributed by atoms with van der Waals surface area (Å²) in [6.45, 7) is 14.1. The SMILES string of the molecule is CCCCO[C@H]1C[C@@H](n2nc(C(C)(C)C)cc2-n2c(C)ccc2C)C1. The third-order valence-corrected chi connectivity index (χ3v) is 5.25. The predicted octanol–water partition coefficient (Wildman–Crippen LogP) is 5.11. The Morgan fingerprint density at radius 3 is 2.36 bits per heavy atom. The number of hydrogen-bond acceptors (Lipinski definition) is 2. The van der Waals surface area contributed by atoms with Gasteiger partial charge in [-0.05, 0) is 45.2 Å². The Hall–Kier alpha value is -1.55. The molecule has 2 aromatic rings. The molecule has 4 heteroatoms. The third-order valence-electron chi connectivity index (χ3n) is 5.25. The molecule has 0 amide bonds. The number of unbranched alkanes of at least 4 members (excludes halogenated alkanes) is 1. The Morgan fingerprint density at radius 1 is 1.16 bits per heavy atom. The highest BCUT2D eigenvalue weighted by Crippen LogP contribution is 2.38. The average Bonchev–Trinajstić information content (AvgIpc) is 3.05. The van der Waals surface area contributed by atoms with E-state index in [0.29, 0.717) is 12.1 Å². The quantitative estimate of drug-likeness (QED) is 0.683. The Labute approximate surface area is 152 Å². The van der Waals surface area contributed by atoms with Crippen LogP contribution >= 0.6 is 0 Å². The van der Waals surface area contributed by atoms with Crippen LogP contribution in [0.5, 0.6) is 0 Å². The summed E-state index contributed by atoms with van der Waals surface area (Å²) in [7, 11) is 0. The smallest absolute Gasteiger partial charge is 0.135 e. The largest absolute Gasteiger partial charge is 0.378 e. The molecule has 1 aliphatic rings. The molecule has 0 atom stereocenters. The summed E-state index contributed by atoms with van der Waals surface area (Å²) in [4.78, 5) is 0. The van der Waals surface area contributed by atoms with Crippen molar-refractivity contribution in [1.82, 2.24) is 14.3 Å². The molecule has 1 saturated carbocycles. The normalized spacial score (nSPS) is 20.7. The summed E-state index contributed by atoms with van der Waals surface area (Å²) in [5.41, 5.74) is 3.73. The molecule has 2 heterocycles. The van der Waals surface area contributed by atoms with Crippen LogP contribution in [0.2, 0.25) is 0 Å². The minimum atomic E-state index is 0.0513. The van der Waals surface area contributed by atoms with Gasteiger partial charge in [-0.15, -0.1) is 0 Å². The standard InChI is InChI=1S/C21H33N3O/c1-7-8-11-25-18-12-17(13-18)24-20(14-19(22-24)21(4,5)6)23-15(2)9-10-16(23)3/h9-10,14,17-18H,7-8,11-13H2,1-6H3/t17-,18+. The minimum absolute atomic E-state index is 0.0513. The van der Waals surface area contributed by atoms with E-state index in [2.05, 4.69) is 69.0 Å². The minimum Gasteiger partial charge on any atom is -0.378 e. The summed E-state index contributed by atoms with van der Waals surface area (Å²) < 4.78 is 10.6. The van der Waals surface area contributed by atoms with Gasteiger partial charge in [-0.3, -0.25) is 0 Å². The zero-order chi connectivity index (χ0) is 18.2. The van der Waals surface area contributed by atoms with Gasteiger partial charge in [0.1, 0.15) is 5.82 Å². The Bertz CT molecular complexity index is 695. The zero-order valence-electron chi connectivity index (χ0n) is 16.7. The number of aryl methyl sites for hydroxylation is 2. The molecule has 2 aromatic heterocycles. The van der Waals surface area contributed by atoms with Gasteiger partial charge in [0.25, 0.3) is 0 Å². The van der Waals surface area contributed by atoms with Gasteiger partial charge >= 0.3 is 0 Å². The van der Waals surface area contributed by atoms with Crippen molar-refractivity contribution in [1.29, 1.82) is 0 Å². The Kier molecular flexibility index (Phi) is 5.10. The summed E-state index contributed by atoms with van der Waals surface area (Å²) in [6, 6.07) is 7.08. The van der Waals surface area contributed by atoms with Gasteiger partial charge in [0.2, 0.25) is 0 Å². The lowest BCUT2D eigenvalue weighted by Gasteiger charge is -2.36. The van der Waals surface area contributed by atoms with Gasteiger partial charge in [-0.1, -0.05) is 34.1 Å². The molecule has 1 aliphatic carbocycles. The molecular weight excluding hydrogens is 310 g/mol. The lowest BCUT2D eigenvalue weighted by molar-refractivity contribution is -0.0298. The number of ether oxygens (including phenoxy) is 1. The lowest BCUT2D eigenvalue weighted by atomic mass is 9.89. The van der Waals surface area contributed by atoms with E-state index >= 15 is 0 Å². The van der Waals surface area contributed by atoms with Crippen LogP contribution in [0.1, 0.15) is 76.5 Å². The van der Waals surface area contributed by atoms with Crippen molar-refractivity contribution in [2.45, 2.75) is 84.8 Å². The Balaban J connectivity index is 1.85. The van der Waals surface area contributed by atoms with E-state index in [-0.39, 0.29) is 5.41 Å². The second-order valence-electron chi connectivity index (χ2n) is 8.51. The summed E-state index contributed by atoms with van der Waals surface area (Å²) in [5.74, 6) is 1.20. The van der Waals surface area contributed by atoms with Crippen molar-refractivity contribution in [2.24, 2.45) is 0 Å². The molecule has 4 nitrogen and oxygen atoms in total. The highest BCUT2D eigenvalue weighted by molar-refractivity contribution is 5.36. The van der Waals surface area contributed by atoms with Gasteiger partial charge in [-0.25, -0.2) is 4.68 Å². The molecule has 1 fully saturated rings. The number of aromatic nitrogens is 3. The number of rotatable bonds is 6. The zero-order valence-corrected chi connectivity index (χ0v) is 16.7. The fourth-order valence-corrected chi connectivity index (χ4v) is 3.48. The fourth-order valence-electron chi connectivity index (χ4n) is 3.48. The van der Waals surface area contributed by atoms with Crippen LogP contribution in [0, 0.1) is 13.8 Å². The molecule has 0 unspecified atom stereocenters. The fraction of sp³-hybridized carbons (Fsp3) is 0.667. The van der Waals surface area contributed by atoms with Crippen LogP contribution < -0.4 is 0 Å². The molecule has 0 spiro atoms. The van der Waals surface area contributed by atoms with Crippen molar-refractivity contribution in [3.05, 3.63) is 35.3 Å². The van der Waals surface area contributed by atoms with Crippen molar-refractivity contribution in [2.75, 3.05) is 6.61 Å². The third kappa shape index (κ3) is 3.69. The van der Waals surface area contributed by atoms with E-state index in [0.717, 1.165) is 31.6 Å². The van der Waals surface area contributed by atoms with E-state index in [1.54, 1.807) is 0 Å². The lowest BCUT2D eigenvalue weighted by Crippen LogP contribution is -2.35. The van der Waals surface area contributed by atoms with E-state index in [1.807, 2.05) is 0 Å². The van der Waals surface area contributed by atoms with Crippen LogP contribution in [-0.2, 0) is 10.2 Å². The molecule has 0 bridgehead atoms. The molecule has 138 valence electrons. The van der Waals surface area contributed by atoms with Gasteiger partial charge in [-0.2, -0.15) is 5.10 Å². The van der Waals surface area contributed by atoms with Gasteiger partial charge in [0.05, 0.1) is 17.8 Å². The maximum absolute atomic E-state index is 5.97. The first-order chi connectivity index (χ1) is 11.8. The van der Waals surface area contributed by atoms with Crippen molar-refractivity contribution >= 4 is 0 Å². The van der Waals surface area contributed by atoms with Crippen LogP contribution in [0.25, 0.3) is 5.82 Å². The number of nitrogens with zero attached hydrogens (tertiary/aromatic N) is 3. The highest BCUT2D eigenvalue weighted by atomic mass is 16.5. The van der Waals surface area contributed by atoms with E-state index in [9.17, 15) is 0 Å². The molecule has 0 N–H and O–H groups in total. The first-order valence-electron chi connectivity index (χ1n) is 9.68. The molecule has 3 rings (SSSR count). The molecule has 0 radical (unpaired) electrons. The maximum Gasteiger partial charge on any atom is 0.135 e. The second kappa shape index (κ2) is 6.99. The summed E-state index contributed by atoms with van der Waals surface area (Å²) in [6.07, 6.45) is 4.89. The van der Waals surface area contributed by atoms with Crippen LogP contribution in [0.3, 0.4) is 0 Å². The summed E-state index contributed by atoms with van der Waals surface area (Å²) >= 11 is 0. The van der Waals surface area contributed by atoms with Gasteiger partial charge in [0, 0.05) is 29.5 Å². The molecule has 0 aliphatic heterocycles. The van der Waals surface area contributed by atoms with Crippen molar-refractivity contribution in [3.63, 3.8) is 0 Å². The van der Waals surface area contributed by atoms with E-state index in [4.69, 9.17) is 9.84 Å². The predicted molar refractivity (Wildman–Crippen MR) is 103 cm³/mol. The average molecular weight is 344 g/mol. The second-order valence-corrected chi connectivity index (χ2v) is 8.51. The topological polar surface area (TPSA) is 32.0 Å². The Morgan fingerprint density at radius 2 is 1.80 bits per heavy atom. The first kappa shape index (κ1) is 18.2. The van der Waals surface area contributed by atoms with Crippen LogP contribution in [0.4, 0.5) is 0 Å².